The Labute approximate surface area is 128 Å². The van der Waals surface area contributed by atoms with E-state index in [1.165, 1.54) is 37.0 Å². The highest BCUT2D eigenvalue weighted by Crippen LogP contribution is 2.31. The molecular formula is C15H20ClN3S. The number of anilines is 1. The van der Waals surface area contributed by atoms with Gasteiger partial charge in [-0.1, -0.05) is 19.8 Å². The van der Waals surface area contributed by atoms with Crippen molar-refractivity contribution in [1.82, 2.24) is 9.97 Å². The third kappa shape index (κ3) is 3.07. The molecule has 0 amide bonds. The molecule has 20 heavy (non-hydrogen) atoms. The van der Waals surface area contributed by atoms with E-state index in [4.69, 9.17) is 11.6 Å². The first-order chi connectivity index (χ1) is 9.61. The van der Waals surface area contributed by atoms with E-state index in [2.05, 4.69) is 35.2 Å². The molecule has 3 rings (SSSR count). The summed E-state index contributed by atoms with van der Waals surface area (Å²) < 4.78 is 0. The van der Waals surface area contributed by atoms with E-state index in [1.54, 1.807) is 11.3 Å². The molecule has 2 heterocycles. The molecule has 0 bridgehead atoms. The monoisotopic (exact) mass is 309 g/mol. The maximum Gasteiger partial charge on any atom is 0.225 e. The van der Waals surface area contributed by atoms with Gasteiger partial charge in [0.15, 0.2) is 0 Å². The average molecular weight is 310 g/mol. The van der Waals surface area contributed by atoms with Crippen LogP contribution in [0.1, 0.15) is 43.9 Å². The molecule has 0 saturated heterocycles. The van der Waals surface area contributed by atoms with Crippen molar-refractivity contribution in [3.05, 3.63) is 16.2 Å². The number of hydrogen-bond donors (Lipinski definition) is 1. The third-order valence-corrected chi connectivity index (χ3v) is 5.20. The highest BCUT2D eigenvalue weighted by molar-refractivity contribution is 7.18. The van der Waals surface area contributed by atoms with E-state index in [-0.39, 0.29) is 0 Å². The summed E-state index contributed by atoms with van der Waals surface area (Å²) in [7, 11) is 0. The number of rotatable bonds is 2. The first kappa shape index (κ1) is 14.1. The Hall–Kier alpha value is -0.870. The number of halogens is 1. The number of aryl methyl sites for hydroxylation is 1. The van der Waals surface area contributed by atoms with E-state index < -0.39 is 0 Å². The summed E-state index contributed by atoms with van der Waals surface area (Å²) in [6, 6.07) is 2.66. The van der Waals surface area contributed by atoms with Crippen LogP contribution in [0.5, 0.6) is 0 Å². The molecule has 3 nitrogen and oxygen atoms in total. The van der Waals surface area contributed by atoms with Crippen molar-refractivity contribution < 1.29 is 0 Å². The van der Waals surface area contributed by atoms with Crippen LogP contribution < -0.4 is 5.32 Å². The van der Waals surface area contributed by atoms with Crippen molar-refractivity contribution in [1.29, 1.82) is 0 Å². The standard InChI is InChI=1S/C15H20ClN3S/c1-9-4-3-5-11(7-6-9)17-13-12-8-10(2)20-14(12)19-15(16)18-13/h8-9,11H,3-7H2,1-2H3,(H,17,18,19). The zero-order valence-electron chi connectivity index (χ0n) is 11.9. The minimum absolute atomic E-state index is 0.337. The van der Waals surface area contributed by atoms with Gasteiger partial charge in [0.1, 0.15) is 10.6 Å². The zero-order valence-corrected chi connectivity index (χ0v) is 13.5. The first-order valence-corrected chi connectivity index (χ1v) is 8.51. The lowest BCUT2D eigenvalue weighted by molar-refractivity contribution is 0.502. The first-order valence-electron chi connectivity index (χ1n) is 7.32. The lowest BCUT2D eigenvalue weighted by Crippen LogP contribution is -2.19. The molecule has 0 radical (unpaired) electrons. The molecular weight excluding hydrogens is 290 g/mol. The largest absolute Gasteiger partial charge is 0.367 e. The Bertz CT molecular complexity index is 610. The summed E-state index contributed by atoms with van der Waals surface area (Å²) in [5, 5.41) is 5.05. The maximum atomic E-state index is 6.05. The van der Waals surface area contributed by atoms with Crippen molar-refractivity contribution >= 4 is 39.0 Å². The van der Waals surface area contributed by atoms with Crippen LogP contribution in [0.25, 0.3) is 10.2 Å². The smallest absolute Gasteiger partial charge is 0.225 e. The normalized spacial score (nSPS) is 23.8. The Morgan fingerprint density at radius 2 is 2.10 bits per heavy atom. The number of nitrogens with zero attached hydrogens (tertiary/aromatic N) is 2. The van der Waals surface area contributed by atoms with Crippen LogP contribution in [0.3, 0.4) is 0 Å². The van der Waals surface area contributed by atoms with E-state index in [9.17, 15) is 0 Å². The molecule has 1 N–H and O–H groups in total. The second kappa shape index (κ2) is 5.86. The van der Waals surface area contributed by atoms with Gasteiger partial charge in [-0.25, -0.2) is 9.97 Å². The molecule has 1 saturated carbocycles. The quantitative estimate of drug-likeness (QED) is 0.624. The molecule has 1 fully saturated rings. The molecule has 2 aromatic heterocycles. The molecule has 108 valence electrons. The van der Waals surface area contributed by atoms with Crippen LogP contribution in [0.2, 0.25) is 5.28 Å². The van der Waals surface area contributed by atoms with Crippen LogP contribution in [0.4, 0.5) is 5.82 Å². The van der Waals surface area contributed by atoms with Gasteiger partial charge in [-0.15, -0.1) is 11.3 Å². The number of fused-ring (bicyclic) bond motifs is 1. The number of nitrogens with one attached hydrogen (secondary N) is 1. The van der Waals surface area contributed by atoms with Crippen LogP contribution in [0, 0.1) is 12.8 Å². The fraction of sp³-hybridized carbons (Fsp3) is 0.600. The lowest BCUT2D eigenvalue weighted by Gasteiger charge is -2.17. The molecule has 0 aromatic carbocycles. The molecule has 2 atom stereocenters. The van der Waals surface area contributed by atoms with Crippen molar-refractivity contribution in [3.63, 3.8) is 0 Å². The second-order valence-corrected chi connectivity index (χ2v) is 7.44. The van der Waals surface area contributed by atoms with E-state index in [0.29, 0.717) is 11.3 Å². The maximum absolute atomic E-state index is 6.05. The van der Waals surface area contributed by atoms with Gasteiger partial charge in [0.05, 0.1) is 5.39 Å². The Kier molecular flexibility index (Phi) is 4.13. The molecule has 5 heteroatoms. The third-order valence-electron chi connectivity index (χ3n) is 4.09. The van der Waals surface area contributed by atoms with Gasteiger partial charge >= 0.3 is 0 Å². The number of hydrogen-bond acceptors (Lipinski definition) is 4. The molecule has 1 aliphatic carbocycles. The highest BCUT2D eigenvalue weighted by atomic mass is 35.5. The van der Waals surface area contributed by atoms with E-state index >= 15 is 0 Å². The van der Waals surface area contributed by atoms with Gasteiger partial charge in [0.25, 0.3) is 0 Å². The van der Waals surface area contributed by atoms with Crippen molar-refractivity contribution in [3.8, 4) is 0 Å². The zero-order chi connectivity index (χ0) is 14.1. The summed E-state index contributed by atoms with van der Waals surface area (Å²) in [4.78, 5) is 10.9. The van der Waals surface area contributed by atoms with E-state index in [0.717, 1.165) is 22.0 Å². The summed E-state index contributed by atoms with van der Waals surface area (Å²) in [6.45, 7) is 4.45. The summed E-state index contributed by atoms with van der Waals surface area (Å²) >= 11 is 7.72. The summed E-state index contributed by atoms with van der Waals surface area (Å²) in [6.07, 6.45) is 6.37. The SMILES string of the molecule is Cc1cc2c(NC3CCCC(C)CC3)nc(Cl)nc2s1. The molecule has 2 aromatic rings. The highest BCUT2D eigenvalue weighted by Gasteiger charge is 2.18. The molecule has 1 aliphatic rings. The number of thiophene rings is 1. The van der Waals surface area contributed by atoms with Gasteiger partial charge in [0.2, 0.25) is 5.28 Å². The fourth-order valence-electron chi connectivity index (χ4n) is 2.95. The van der Waals surface area contributed by atoms with Crippen LogP contribution >= 0.6 is 22.9 Å². The summed E-state index contributed by atoms with van der Waals surface area (Å²) in [5.74, 6) is 1.75. The minimum atomic E-state index is 0.337. The number of aromatic nitrogens is 2. The molecule has 2 unspecified atom stereocenters. The predicted octanol–water partition coefficient (Wildman–Crippen LogP) is 5.03. The van der Waals surface area contributed by atoms with Crippen LogP contribution in [0.15, 0.2) is 6.07 Å². The lowest BCUT2D eigenvalue weighted by atomic mass is 10.0. The minimum Gasteiger partial charge on any atom is -0.367 e. The van der Waals surface area contributed by atoms with Crippen molar-refractivity contribution in [2.45, 2.75) is 52.0 Å². The van der Waals surface area contributed by atoms with Gasteiger partial charge < -0.3 is 5.32 Å². The van der Waals surface area contributed by atoms with Gasteiger partial charge in [-0.2, -0.15) is 0 Å². The average Bonchev–Trinajstić information content (AvgIpc) is 2.63. The van der Waals surface area contributed by atoms with Crippen LogP contribution in [-0.2, 0) is 0 Å². The summed E-state index contributed by atoms with van der Waals surface area (Å²) in [5.41, 5.74) is 0. The molecule has 0 aliphatic heterocycles. The van der Waals surface area contributed by atoms with Crippen LogP contribution in [-0.4, -0.2) is 16.0 Å². The van der Waals surface area contributed by atoms with Crippen molar-refractivity contribution in [2.75, 3.05) is 5.32 Å². The predicted molar refractivity (Wildman–Crippen MR) is 86.8 cm³/mol. The Balaban J connectivity index is 1.86. The topological polar surface area (TPSA) is 37.8 Å². The Morgan fingerprint density at radius 3 is 2.95 bits per heavy atom. The van der Waals surface area contributed by atoms with Gasteiger partial charge in [-0.05, 0) is 49.8 Å². The van der Waals surface area contributed by atoms with Gasteiger partial charge in [-0.3, -0.25) is 0 Å². The van der Waals surface area contributed by atoms with Crippen molar-refractivity contribution in [2.24, 2.45) is 5.92 Å². The molecule has 0 spiro atoms. The van der Waals surface area contributed by atoms with Gasteiger partial charge in [0, 0.05) is 10.9 Å². The fourth-order valence-corrected chi connectivity index (χ4v) is 4.05. The Morgan fingerprint density at radius 1 is 1.25 bits per heavy atom. The second-order valence-electron chi connectivity index (χ2n) is 5.87. The van der Waals surface area contributed by atoms with E-state index in [1.807, 2.05) is 0 Å².